The average molecular weight is 287 g/mol. The maximum atomic E-state index is 14.0. The number of benzene rings is 1. The lowest BCUT2D eigenvalue weighted by molar-refractivity contribution is 0.469. The summed E-state index contributed by atoms with van der Waals surface area (Å²) < 4.78 is 29.2. The second kappa shape index (κ2) is 5.87. The van der Waals surface area contributed by atoms with E-state index < -0.39 is 11.6 Å². The molecule has 0 spiro atoms. The Bertz CT molecular complexity index is 580. The molecule has 0 saturated carbocycles. The molecule has 0 aliphatic carbocycles. The van der Waals surface area contributed by atoms with E-state index in [0.29, 0.717) is 11.3 Å². The SMILES string of the molecule is CCCCC(C)n1c(CCl)nc2ccc(F)c(F)c21. The lowest BCUT2D eigenvalue weighted by Crippen LogP contribution is -2.09. The molecule has 5 heteroatoms. The van der Waals surface area contributed by atoms with Crippen LogP contribution in [0.25, 0.3) is 11.0 Å². The van der Waals surface area contributed by atoms with E-state index in [4.69, 9.17) is 11.6 Å². The summed E-state index contributed by atoms with van der Waals surface area (Å²) in [5.74, 6) is -0.918. The van der Waals surface area contributed by atoms with Crippen molar-refractivity contribution in [2.24, 2.45) is 0 Å². The summed E-state index contributed by atoms with van der Waals surface area (Å²) in [6.07, 6.45) is 2.98. The molecule has 1 unspecified atom stereocenters. The minimum Gasteiger partial charge on any atom is -0.322 e. The van der Waals surface area contributed by atoms with Gasteiger partial charge in [0.2, 0.25) is 0 Å². The number of rotatable bonds is 5. The second-order valence-electron chi connectivity index (χ2n) is 4.75. The number of nitrogens with zero attached hydrogens (tertiary/aromatic N) is 2. The van der Waals surface area contributed by atoms with Crippen LogP contribution in [0.3, 0.4) is 0 Å². The van der Waals surface area contributed by atoms with Crippen LogP contribution in [0, 0.1) is 11.6 Å². The molecule has 1 aromatic heterocycles. The van der Waals surface area contributed by atoms with Gasteiger partial charge in [-0.05, 0) is 25.5 Å². The van der Waals surface area contributed by atoms with E-state index in [-0.39, 0.29) is 17.4 Å². The Morgan fingerprint density at radius 3 is 2.74 bits per heavy atom. The number of hydrogen-bond acceptors (Lipinski definition) is 1. The first kappa shape index (κ1) is 14.3. The molecule has 1 aromatic carbocycles. The lowest BCUT2D eigenvalue weighted by Gasteiger charge is -2.17. The van der Waals surface area contributed by atoms with Crippen LogP contribution >= 0.6 is 11.6 Å². The third kappa shape index (κ3) is 2.59. The number of unbranched alkanes of at least 4 members (excludes halogenated alkanes) is 1. The first-order valence-electron chi connectivity index (χ1n) is 6.50. The number of hydrogen-bond donors (Lipinski definition) is 0. The minimum atomic E-state index is -0.850. The number of halogens is 3. The molecule has 19 heavy (non-hydrogen) atoms. The van der Waals surface area contributed by atoms with Gasteiger partial charge < -0.3 is 4.57 Å². The molecular weight excluding hydrogens is 270 g/mol. The summed E-state index contributed by atoms with van der Waals surface area (Å²) in [5, 5.41) is 0. The van der Waals surface area contributed by atoms with E-state index >= 15 is 0 Å². The van der Waals surface area contributed by atoms with E-state index in [2.05, 4.69) is 11.9 Å². The van der Waals surface area contributed by atoms with Crippen molar-refractivity contribution >= 4 is 22.6 Å². The molecule has 0 N–H and O–H groups in total. The summed E-state index contributed by atoms with van der Waals surface area (Å²) in [4.78, 5) is 4.29. The standard InChI is InChI=1S/C14H17ClF2N2/c1-3-4-5-9(2)19-12(8-15)18-11-7-6-10(16)13(17)14(11)19/h6-7,9H,3-5,8H2,1-2H3. The molecule has 0 fully saturated rings. The predicted molar refractivity (Wildman–Crippen MR) is 73.4 cm³/mol. The van der Waals surface area contributed by atoms with Gasteiger partial charge in [-0.25, -0.2) is 13.8 Å². The second-order valence-corrected chi connectivity index (χ2v) is 5.02. The van der Waals surface area contributed by atoms with Gasteiger partial charge in [-0.15, -0.1) is 11.6 Å². The lowest BCUT2D eigenvalue weighted by atomic mass is 10.1. The average Bonchev–Trinajstić information content (AvgIpc) is 2.79. The van der Waals surface area contributed by atoms with E-state index in [0.717, 1.165) is 25.3 Å². The summed E-state index contributed by atoms with van der Waals surface area (Å²) >= 11 is 5.87. The molecule has 2 rings (SSSR count). The molecule has 0 aliphatic heterocycles. The zero-order valence-electron chi connectivity index (χ0n) is 11.1. The predicted octanol–water partition coefficient (Wildman–Crippen LogP) is 4.80. The fraction of sp³-hybridized carbons (Fsp3) is 0.500. The van der Waals surface area contributed by atoms with Crippen LogP contribution in [0.4, 0.5) is 8.78 Å². The Kier molecular flexibility index (Phi) is 4.40. The fourth-order valence-corrected chi connectivity index (χ4v) is 2.56. The number of aromatic nitrogens is 2. The highest BCUT2D eigenvalue weighted by Crippen LogP contribution is 2.28. The molecule has 2 aromatic rings. The fourth-order valence-electron chi connectivity index (χ4n) is 2.37. The van der Waals surface area contributed by atoms with Crippen LogP contribution in [0.1, 0.15) is 45.0 Å². The topological polar surface area (TPSA) is 17.8 Å². The molecule has 2 nitrogen and oxygen atoms in total. The van der Waals surface area contributed by atoms with Gasteiger partial charge in [0, 0.05) is 6.04 Å². The monoisotopic (exact) mass is 286 g/mol. The van der Waals surface area contributed by atoms with Gasteiger partial charge in [0.15, 0.2) is 11.6 Å². The van der Waals surface area contributed by atoms with Crippen molar-refractivity contribution in [2.45, 2.75) is 45.0 Å². The van der Waals surface area contributed by atoms with Crippen molar-refractivity contribution < 1.29 is 8.78 Å². The molecule has 0 bridgehead atoms. The van der Waals surface area contributed by atoms with Crippen molar-refractivity contribution in [1.82, 2.24) is 9.55 Å². The van der Waals surface area contributed by atoms with Gasteiger partial charge >= 0.3 is 0 Å². The highest BCUT2D eigenvalue weighted by atomic mass is 35.5. The highest BCUT2D eigenvalue weighted by molar-refractivity contribution is 6.16. The Morgan fingerprint density at radius 1 is 1.37 bits per heavy atom. The molecule has 0 saturated heterocycles. The number of fused-ring (bicyclic) bond motifs is 1. The molecule has 1 heterocycles. The Balaban J connectivity index is 2.58. The van der Waals surface area contributed by atoms with Gasteiger partial charge in [-0.2, -0.15) is 0 Å². The number of alkyl halides is 1. The molecule has 1 atom stereocenters. The van der Waals surface area contributed by atoms with Crippen molar-refractivity contribution in [3.63, 3.8) is 0 Å². The summed E-state index contributed by atoms with van der Waals surface area (Å²) in [6, 6.07) is 2.64. The minimum absolute atomic E-state index is 0.0509. The zero-order chi connectivity index (χ0) is 14.0. The van der Waals surface area contributed by atoms with E-state index in [9.17, 15) is 8.78 Å². The van der Waals surface area contributed by atoms with Crippen LogP contribution in [-0.4, -0.2) is 9.55 Å². The third-order valence-electron chi connectivity index (χ3n) is 3.35. The van der Waals surface area contributed by atoms with Crippen LogP contribution in [-0.2, 0) is 5.88 Å². The molecule has 0 aliphatic rings. The molecule has 0 radical (unpaired) electrons. The van der Waals surface area contributed by atoms with Gasteiger partial charge in [0.25, 0.3) is 0 Å². The van der Waals surface area contributed by atoms with E-state index in [1.54, 1.807) is 4.57 Å². The van der Waals surface area contributed by atoms with Gasteiger partial charge in [0.1, 0.15) is 11.3 Å². The van der Waals surface area contributed by atoms with Crippen molar-refractivity contribution in [3.8, 4) is 0 Å². The van der Waals surface area contributed by atoms with Crippen LogP contribution in [0.15, 0.2) is 12.1 Å². The van der Waals surface area contributed by atoms with Crippen LogP contribution < -0.4 is 0 Å². The van der Waals surface area contributed by atoms with Crippen LogP contribution in [0.2, 0.25) is 0 Å². The number of imidazole rings is 1. The van der Waals surface area contributed by atoms with Gasteiger partial charge in [-0.1, -0.05) is 19.8 Å². The highest BCUT2D eigenvalue weighted by Gasteiger charge is 2.20. The normalized spacial score (nSPS) is 13.1. The summed E-state index contributed by atoms with van der Waals surface area (Å²) in [5.41, 5.74) is 0.678. The zero-order valence-corrected chi connectivity index (χ0v) is 11.8. The Hall–Kier alpha value is -1.16. The quantitative estimate of drug-likeness (QED) is 0.722. The van der Waals surface area contributed by atoms with Crippen molar-refractivity contribution in [3.05, 3.63) is 29.6 Å². The first-order valence-corrected chi connectivity index (χ1v) is 7.04. The van der Waals surface area contributed by atoms with Gasteiger partial charge in [0.05, 0.1) is 11.4 Å². The summed E-state index contributed by atoms with van der Waals surface area (Å²) in [6.45, 7) is 4.08. The van der Waals surface area contributed by atoms with Gasteiger partial charge in [-0.3, -0.25) is 0 Å². The maximum Gasteiger partial charge on any atom is 0.184 e. The summed E-state index contributed by atoms with van der Waals surface area (Å²) in [7, 11) is 0. The molecule has 104 valence electrons. The van der Waals surface area contributed by atoms with Crippen molar-refractivity contribution in [1.29, 1.82) is 0 Å². The van der Waals surface area contributed by atoms with E-state index in [1.165, 1.54) is 6.07 Å². The van der Waals surface area contributed by atoms with Crippen LogP contribution in [0.5, 0.6) is 0 Å². The molecule has 0 amide bonds. The first-order chi connectivity index (χ1) is 9.10. The smallest absolute Gasteiger partial charge is 0.184 e. The third-order valence-corrected chi connectivity index (χ3v) is 3.59. The van der Waals surface area contributed by atoms with Crippen molar-refractivity contribution in [2.75, 3.05) is 0 Å². The largest absolute Gasteiger partial charge is 0.322 e. The Labute approximate surface area is 116 Å². The molecular formula is C14H17ClF2N2. The maximum absolute atomic E-state index is 14.0. The Morgan fingerprint density at radius 2 is 2.11 bits per heavy atom. The van der Waals surface area contributed by atoms with E-state index in [1.807, 2.05) is 6.92 Å².